The number of hydrogen-bond acceptors (Lipinski definition) is 3. The van der Waals surface area contributed by atoms with Crippen LogP contribution in [0, 0.1) is 17.8 Å². The molecule has 144 valence electrons. The van der Waals surface area contributed by atoms with Crippen LogP contribution in [-0.2, 0) is 0 Å². The Morgan fingerprint density at radius 3 is 2.71 bits per heavy atom. The van der Waals surface area contributed by atoms with Gasteiger partial charge in [0.2, 0.25) is 0 Å². The summed E-state index contributed by atoms with van der Waals surface area (Å²) in [6.45, 7) is 2.16. The molecule has 0 aliphatic heterocycles. The maximum atomic E-state index is 12.6. The molecule has 5 atom stereocenters. The fraction of sp³-hybridized carbons (Fsp3) is 0.409. The molecule has 0 bridgehead atoms. The first-order chi connectivity index (χ1) is 13.7. The number of hydrogen-bond donors (Lipinski definition) is 1. The maximum Gasteiger partial charge on any atom is 0.251 e. The lowest BCUT2D eigenvalue weighted by atomic mass is 9.99. The molecule has 2 aliphatic carbocycles. The number of nitrogens with zero attached hydrogens (tertiary/aromatic N) is 3. The number of carbonyl (C=O) groups is 1. The summed E-state index contributed by atoms with van der Waals surface area (Å²) in [5.74, 6) is 1.91. The highest BCUT2D eigenvalue weighted by Gasteiger charge is 2.59. The van der Waals surface area contributed by atoms with Crippen molar-refractivity contribution in [1.82, 2.24) is 20.1 Å². The first kappa shape index (κ1) is 17.7. The molecule has 1 aromatic carbocycles. The fourth-order valence-electron chi connectivity index (χ4n) is 5.13. The van der Waals surface area contributed by atoms with E-state index in [4.69, 9.17) is 11.6 Å². The molecular formula is C22H23ClN4O. The predicted octanol–water partition coefficient (Wildman–Crippen LogP) is 4.49. The van der Waals surface area contributed by atoms with Gasteiger partial charge in [-0.05, 0) is 73.4 Å². The van der Waals surface area contributed by atoms with E-state index in [9.17, 15) is 4.79 Å². The smallest absolute Gasteiger partial charge is 0.251 e. The topological polar surface area (TPSA) is 59.8 Å². The molecule has 0 radical (unpaired) electrons. The second-order valence-corrected chi connectivity index (χ2v) is 8.47. The number of fused-ring (bicyclic) bond motifs is 2. The van der Waals surface area contributed by atoms with Gasteiger partial charge < -0.3 is 5.32 Å². The highest BCUT2D eigenvalue weighted by atomic mass is 35.5. The zero-order chi connectivity index (χ0) is 19.3. The average molecular weight is 395 g/mol. The number of pyridine rings is 1. The maximum absolute atomic E-state index is 12.6. The van der Waals surface area contributed by atoms with E-state index in [-0.39, 0.29) is 11.9 Å². The SMILES string of the molecule is CCC(NC(=O)c1ccc(Cl)cc1)C1[C@H]2CC(n3ncc4cccnc43)C[C@@H]12. The third-order valence-corrected chi connectivity index (χ3v) is 6.77. The van der Waals surface area contributed by atoms with E-state index < -0.39 is 0 Å². The number of rotatable bonds is 5. The molecule has 2 fully saturated rings. The zero-order valence-electron chi connectivity index (χ0n) is 15.8. The van der Waals surface area contributed by atoms with Crippen molar-refractivity contribution in [3.63, 3.8) is 0 Å². The minimum absolute atomic E-state index is 0.00712. The predicted molar refractivity (Wildman–Crippen MR) is 109 cm³/mol. The molecule has 2 aromatic heterocycles. The van der Waals surface area contributed by atoms with Crippen molar-refractivity contribution in [2.24, 2.45) is 17.8 Å². The van der Waals surface area contributed by atoms with Crippen LogP contribution in [0.5, 0.6) is 0 Å². The highest BCUT2D eigenvalue weighted by molar-refractivity contribution is 6.30. The van der Waals surface area contributed by atoms with E-state index in [0.29, 0.717) is 34.4 Å². The largest absolute Gasteiger partial charge is 0.349 e. The van der Waals surface area contributed by atoms with Crippen molar-refractivity contribution >= 4 is 28.5 Å². The highest BCUT2D eigenvalue weighted by Crippen LogP contribution is 2.62. The fourth-order valence-corrected chi connectivity index (χ4v) is 5.26. The second-order valence-electron chi connectivity index (χ2n) is 8.03. The van der Waals surface area contributed by atoms with Crippen LogP contribution in [0.1, 0.15) is 42.6 Å². The molecule has 28 heavy (non-hydrogen) atoms. The Kier molecular flexibility index (Phi) is 4.35. The van der Waals surface area contributed by atoms with E-state index >= 15 is 0 Å². The minimum atomic E-state index is -0.00712. The number of amides is 1. The summed E-state index contributed by atoms with van der Waals surface area (Å²) in [5, 5.41) is 9.59. The van der Waals surface area contributed by atoms with E-state index in [0.717, 1.165) is 30.3 Å². The Balaban J connectivity index is 1.24. The molecule has 2 aliphatic rings. The number of aromatic nitrogens is 3. The number of carbonyl (C=O) groups excluding carboxylic acids is 1. The number of benzene rings is 1. The monoisotopic (exact) mass is 394 g/mol. The third-order valence-electron chi connectivity index (χ3n) is 6.51. The lowest BCUT2D eigenvalue weighted by molar-refractivity contribution is 0.0927. The summed E-state index contributed by atoms with van der Waals surface area (Å²) < 4.78 is 2.10. The van der Waals surface area contributed by atoms with E-state index in [1.165, 1.54) is 0 Å². The Labute approximate surface area is 169 Å². The molecule has 1 amide bonds. The van der Waals surface area contributed by atoms with Gasteiger partial charge in [0.15, 0.2) is 5.65 Å². The molecule has 1 N–H and O–H groups in total. The Bertz CT molecular complexity index is 1000. The van der Waals surface area contributed by atoms with E-state index in [2.05, 4.69) is 33.1 Å². The number of halogens is 1. The molecule has 5 nitrogen and oxygen atoms in total. The van der Waals surface area contributed by atoms with Crippen LogP contribution in [0.25, 0.3) is 11.0 Å². The molecule has 2 saturated carbocycles. The van der Waals surface area contributed by atoms with Gasteiger partial charge in [-0.15, -0.1) is 0 Å². The molecule has 3 unspecified atom stereocenters. The molecule has 5 rings (SSSR count). The summed E-state index contributed by atoms with van der Waals surface area (Å²) in [6.07, 6.45) is 6.93. The molecule has 3 aromatic rings. The molecule has 0 spiro atoms. The first-order valence-corrected chi connectivity index (χ1v) is 10.4. The number of nitrogens with one attached hydrogen (secondary N) is 1. The Hall–Kier alpha value is -2.40. The summed E-state index contributed by atoms with van der Waals surface area (Å²) in [6, 6.07) is 11.7. The summed E-state index contributed by atoms with van der Waals surface area (Å²) in [4.78, 5) is 17.1. The molecule has 2 heterocycles. The average Bonchev–Trinajstić information content (AvgIpc) is 3.07. The van der Waals surface area contributed by atoms with Crippen molar-refractivity contribution in [3.8, 4) is 0 Å². The van der Waals surface area contributed by atoms with Crippen LogP contribution in [0.2, 0.25) is 5.02 Å². The minimum Gasteiger partial charge on any atom is -0.349 e. The standard InChI is InChI=1S/C22H23ClN4O/c1-2-19(26-22(28)13-5-7-15(23)8-6-13)20-17-10-16(11-18(17)20)27-21-14(12-25-27)4-3-9-24-21/h3-9,12,16-20H,2,10-11H2,1H3,(H,26,28)/t16?,17-,18+,19?,20?. The van der Waals surface area contributed by atoms with Gasteiger partial charge in [-0.3, -0.25) is 4.79 Å². The van der Waals surface area contributed by atoms with Crippen molar-refractivity contribution in [3.05, 3.63) is 59.4 Å². The van der Waals surface area contributed by atoms with Crippen molar-refractivity contribution in [1.29, 1.82) is 0 Å². The van der Waals surface area contributed by atoms with Crippen molar-refractivity contribution in [2.45, 2.75) is 38.3 Å². The normalized spacial score (nSPS) is 26.8. The molecule has 6 heteroatoms. The van der Waals surface area contributed by atoms with Crippen LogP contribution in [0.15, 0.2) is 48.8 Å². The van der Waals surface area contributed by atoms with Crippen molar-refractivity contribution in [2.75, 3.05) is 0 Å². The first-order valence-electron chi connectivity index (χ1n) is 10.0. The lowest BCUT2D eigenvalue weighted by Gasteiger charge is -2.22. The van der Waals surface area contributed by atoms with Gasteiger partial charge in [-0.2, -0.15) is 5.10 Å². The lowest BCUT2D eigenvalue weighted by Crippen LogP contribution is -2.37. The van der Waals surface area contributed by atoms with Gasteiger partial charge in [0.25, 0.3) is 5.91 Å². The Morgan fingerprint density at radius 2 is 2.00 bits per heavy atom. The summed E-state index contributed by atoms with van der Waals surface area (Å²) >= 11 is 5.92. The quantitative estimate of drug-likeness (QED) is 0.693. The Morgan fingerprint density at radius 1 is 1.25 bits per heavy atom. The van der Waals surface area contributed by atoms with Gasteiger partial charge in [-0.1, -0.05) is 18.5 Å². The van der Waals surface area contributed by atoms with Gasteiger partial charge in [0, 0.05) is 28.2 Å². The van der Waals surface area contributed by atoms with E-state index in [1.807, 2.05) is 18.5 Å². The van der Waals surface area contributed by atoms with Crippen molar-refractivity contribution < 1.29 is 4.79 Å². The van der Waals surface area contributed by atoms with Gasteiger partial charge in [-0.25, -0.2) is 9.67 Å². The van der Waals surface area contributed by atoms with Crippen LogP contribution >= 0.6 is 11.6 Å². The van der Waals surface area contributed by atoms with Crippen LogP contribution in [0.4, 0.5) is 0 Å². The molecular weight excluding hydrogens is 372 g/mol. The third kappa shape index (κ3) is 2.98. The summed E-state index contributed by atoms with van der Waals surface area (Å²) in [5.41, 5.74) is 1.65. The van der Waals surface area contributed by atoms with E-state index in [1.54, 1.807) is 24.3 Å². The second kappa shape index (κ2) is 6.89. The molecule has 0 saturated heterocycles. The van der Waals surface area contributed by atoms with Crippen LogP contribution in [-0.4, -0.2) is 26.7 Å². The zero-order valence-corrected chi connectivity index (χ0v) is 16.5. The van der Waals surface area contributed by atoms with Gasteiger partial charge in [0.1, 0.15) is 0 Å². The van der Waals surface area contributed by atoms with Gasteiger partial charge in [0.05, 0.1) is 12.2 Å². The van der Waals surface area contributed by atoms with Gasteiger partial charge >= 0.3 is 0 Å². The van der Waals surface area contributed by atoms with Crippen LogP contribution in [0.3, 0.4) is 0 Å². The summed E-state index contributed by atoms with van der Waals surface area (Å²) in [7, 11) is 0. The van der Waals surface area contributed by atoms with Crippen LogP contribution < -0.4 is 5.32 Å².